The highest BCUT2D eigenvalue weighted by Crippen LogP contribution is 2.28. The van der Waals surface area contributed by atoms with E-state index in [9.17, 15) is 18.0 Å². The van der Waals surface area contributed by atoms with Crippen molar-refractivity contribution in [1.29, 1.82) is 0 Å². The summed E-state index contributed by atoms with van der Waals surface area (Å²) in [6.07, 6.45) is -3.19. The minimum Gasteiger partial charge on any atom is -0.309 e. The monoisotopic (exact) mass is 318 g/mol. The van der Waals surface area contributed by atoms with Crippen LogP contribution in [0.25, 0.3) is 0 Å². The molecule has 0 atom stereocenters. The van der Waals surface area contributed by atoms with E-state index in [2.05, 4.69) is 15.4 Å². The third-order valence-corrected chi connectivity index (χ3v) is 2.78. The van der Waals surface area contributed by atoms with Crippen molar-refractivity contribution in [1.82, 2.24) is 14.8 Å². The number of aromatic nitrogens is 3. The number of nitrogens with one attached hydrogen (secondary N) is 1. The largest absolute Gasteiger partial charge is 0.435 e. The predicted molar refractivity (Wildman–Crippen MR) is 69.8 cm³/mol. The van der Waals surface area contributed by atoms with Crippen molar-refractivity contribution in [3.63, 3.8) is 0 Å². The number of carbonyl (C=O) groups excluding carboxylic acids is 1. The molecule has 0 aliphatic carbocycles. The van der Waals surface area contributed by atoms with Gasteiger partial charge in [-0.15, -0.1) is 0 Å². The van der Waals surface area contributed by atoms with Crippen molar-refractivity contribution in [3.8, 4) is 0 Å². The van der Waals surface area contributed by atoms with Gasteiger partial charge in [-0.3, -0.25) is 9.48 Å². The summed E-state index contributed by atoms with van der Waals surface area (Å²) in [7, 11) is 0. The zero-order chi connectivity index (χ0) is 15.6. The quantitative estimate of drug-likeness (QED) is 0.946. The number of alkyl halides is 3. The number of pyridine rings is 1. The van der Waals surface area contributed by atoms with E-state index in [0.717, 1.165) is 10.7 Å². The Hall–Kier alpha value is -2.09. The van der Waals surface area contributed by atoms with Crippen LogP contribution in [0.2, 0.25) is 5.02 Å². The second-order valence-electron chi connectivity index (χ2n) is 4.24. The van der Waals surface area contributed by atoms with Crippen LogP contribution in [0.3, 0.4) is 0 Å². The molecule has 9 heteroatoms. The molecule has 0 radical (unpaired) electrons. The molecule has 112 valence electrons. The molecule has 0 aliphatic heterocycles. The summed E-state index contributed by atoms with van der Waals surface area (Å²) in [6.45, 7) is 1.10. The highest BCUT2D eigenvalue weighted by Gasteiger charge is 2.34. The van der Waals surface area contributed by atoms with Crippen LogP contribution in [0, 0.1) is 6.92 Å². The number of anilines is 1. The minimum atomic E-state index is -4.54. The van der Waals surface area contributed by atoms with Crippen molar-refractivity contribution in [3.05, 3.63) is 40.8 Å². The number of aryl methyl sites for hydroxylation is 1. The first-order valence-corrected chi connectivity index (χ1v) is 6.16. The van der Waals surface area contributed by atoms with Gasteiger partial charge in [0.15, 0.2) is 5.69 Å². The van der Waals surface area contributed by atoms with Gasteiger partial charge in [-0.05, 0) is 25.1 Å². The Morgan fingerprint density at radius 3 is 2.67 bits per heavy atom. The molecule has 2 aromatic heterocycles. The fourth-order valence-corrected chi connectivity index (χ4v) is 1.69. The van der Waals surface area contributed by atoms with Gasteiger partial charge in [0.25, 0.3) is 0 Å². The molecule has 0 spiro atoms. The Labute approximate surface area is 122 Å². The molecule has 0 saturated carbocycles. The summed E-state index contributed by atoms with van der Waals surface area (Å²) in [5.41, 5.74) is -0.793. The van der Waals surface area contributed by atoms with Crippen LogP contribution < -0.4 is 5.32 Å². The highest BCUT2D eigenvalue weighted by molar-refractivity contribution is 6.30. The maximum absolute atomic E-state index is 12.5. The molecule has 2 aromatic rings. The third kappa shape index (κ3) is 3.94. The Bertz CT molecular complexity index is 652. The smallest absolute Gasteiger partial charge is 0.309 e. The van der Waals surface area contributed by atoms with Crippen LogP contribution in [0.15, 0.2) is 24.4 Å². The van der Waals surface area contributed by atoms with E-state index < -0.39 is 17.8 Å². The molecule has 0 aromatic carbocycles. The van der Waals surface area contributed by atoms with Gasteiger partial charge in [-0.1, -0.05) is 11.6 Å². The lowest BCUT2D eigenvalue weighted by Crippen LogP contribution is -2.21. The maximum atomic E-state index is 12.5. The zero-order valence-electron chi connectivity index (χ0n) is 10.8. The highest BCUT2D eigenvalue weighted by atomic mass is 35.5. The normalized spacial score (nSPS) is 11.5. The van der Waals surface area contributed by atoms with Crippen LogP contribution in [0.4, 0.5) is 19.0 Å². The molecule has 0 bridgehead atoms. The number of halogens is 4. The van der Waals surface area contributed by atoms with E-state index in [0.29, 0.717) is 5.02 Å². The molecular weight excluding hydrogens is 309 g/mol. The first-order chi connectivity index (χ1) is 9.75. The number of hydrogen-bond donors (Lipinski definition) is 1. The molecule has 0 saturated heterocycles. The standard InChI is InChI=1S/C12H10ClF3N4O/c1-7-4-9(12(14,15)16)19-20(7)6-11(21)18-10-3-2-8(13)5-17-10/h2-5H,6H2,1H3,(H,17,18,21). The number of hydrogen-bond acceptors (Lipinski definition) is 3. The van der Waals surface area contributed by atoms with Crippen LogP contribution >= 0.6 is 11.6 Å². The summed E-state index contributed by atoms with van der Waals surface area (Å²) in [5.74, 6) is -0.282. The number of rotatable bonds is 3. The summed E-state index contributed by atoms with van der Waals surface area (Å²) < 4.78 is 38.5. The molecule has 0 aliphatic rings. The Kier molecular flexibility index (Phi) is 4.17. The van der Waals surface area contributed by atoms with Crippen LogP contribution in [-0.4, -0.2) is 20.7 Å². The summed E-state index contributed by atoms with van der Waals surface area (Å²) in [5, 5.41) is 6.22. The molecule has 1 N–H and O–H groups in total. The van der Waals surface area contributed by atoms with Crippen LogP contribution in [0.5, 0.6) is 0 Å². The molecule has 1 amide bonds. The van der Waals surface area contributed by atoms with Crippen LogP contribution in [0.1, 0.15) is 11.4 Å². The molecule has 21 heavy (non-hydrogen) atoms. The van der Waals surface area contributed by atoms with E-state index in [1.165, 1.54) is 25.3 Å². The lowest BCUT2D eigenvalue weighted by atomic mass is 10.3. The van der Waals surface area contributed by atoms with Crippen molar-refractivity contribution in [2.24, 2.45) is 0 Å². The molecule has 5 nitrogen and oxygen atoms in total. The van der Waals surface area contributed by atoms with Crippen molar-refractivity contribution in [2.75, 3.05) is 5.32 Å². The Balaban J connectivity index is 2.06. The average Bonchev–Trinajstić information content (AvgIpc) is 2.74. The summed E-state index contributed by atoms with van der Waals surface area (Å²) >= 11 is 5.65. The van der Waals surface area contributed by atoms with Gasteiger partial charge in [0.05, 0.1) is 5.02 Å². The summed E-state index contributed by atoms with van der Waals surface area (Å²) in [6, 6.07) is 3.90. The van der Waals surface area contributed by atoms with Gasteiger partial charge < -0.3 is 5.32 Å². The third-order valence-electron chi connectivity index (χ3n) is 2.56. The SMILES string of the molecule is Cc1cc(C(F)(F)F)nn1CC(=O)Nc1ccc(Cl)cn1. The van der Waals surface area contributed by atoms with Crippen LogP contribution in [-0.2, 0) is 17.5 Å². The number of amides is 1. The number of carbonyl (C=O) groups is 1. The lowest BCUT2D eigenvalue weighted by Gasteiger charge is -2.06. The van der Waals surface area contributed by atoms with E-state index in [-0.39, 0.29) is 18.1 Å². The van der Waals surface area contributed by atoms with E-state index in [1.807, 2.05) is 0 Å². The topological polar surface area (TPSA) is 59.8 Å². The molecule has 0 fully saturated rings. The van der Waals surface area contributed by atoms with Gasteiger partial charge in [0.1, 0.15) is 12.4 Å². The van der Waals surface area contributed by atoms with E-state index in [4.69, 9.17) is 11.6 Å². The fourth-order valence-electron chi connectivity index (χ4n) is 1.58. The van der Waals surface area contributed by atoms with Crippen molar-refractivity contribution < 1.29 is 18.0 Å². The molecule has 2 rings (SSSR count). The van der Waals surface area contributed by atoms with Gasteiger partial charge in [-0.25, -0.2) is 4.98 Å². The fraction of sp³-hybridized carbons (Fsp3) is 0.250. The first kappa shape index (κ1) is 15.3. The first-order valence-electron chi connectivity index (χ1n) is 5.79. The van der Waals surface area contributed by atoms with Gasteiger partial charge in [-0.2, -0.15) is 18.3 Å². The van der Waals surface area contributed by atoms with E-state index in [1.54, 1.807) is 0 Å². The van der Waals surface area contributed by atoms with Crippen molar-refractivity contribution >= 4 is 23.3 Å². The second-order valence-corrected chi connectivity index (χ2v) is 4.67. The van der Waals surface area contributed by atoms with Gasteiger partial charge >= 0.3 is 6.18 Å². The Morgan fingerprint density at radius 1 is 1.43 bits per heavy atom. The van der Waals surface area contributed by atoms with Gasteiger partial charge in [0.2, 0.25) is 5.91 Å². The van der Waals surface area contributed by atoms with E-state index >= 15 is 0 Å². The summed E-state index contributed by atoms with van der Waals surface area (Å²) in [4.78, 5) is 15.6. The zero-order valence-corrected chi connectivity index (χ0v) is 11.5. The Morgan fingerprint density at radius 2 is 2.14 bits per heavy atom. The molecular formula is C12H10ClF3N4O. The van der Waals surface area contributed by atoms with Crippen molar-refractivity contribution in [2.45, 2.75) is 19.6 Å². The molecule has 0 unspecified atom stereocenters. The maximum Gasteiger partial charge on any atom is 0.435 e. The lowest BCUT2D eigenvalue weighted by molar-refractivity contribution is -0.141. The predicted octanol–water partition coefficient (Wildman–Crippen LogP) is 2.90. The minimum absolute atomic E-state index is 0.238. The molecule has 2 heterocycles. The second kappa shape index (κ2) is 5.72. The average molecular weight is 319 g/mol. The van der Waals surface area contributed by atoms with Gasteiger partial charge in [0, 0.05) is 11.9 Å². The number of nitrogens with zero attached hydrogens (tertiary/aromatic N) is 3.